The highest BCUT2D eigenvalue weighted by molar-refractivity contribution is 6.07. The Balaban J connectivity index is -0.00000122. The summed E-state index contributed by atoms with van der Waals surface area (Å²) in [5.41, 5.74) is 4.90. The van der Waals surface area contributed by atoms with Crippen molar-refractivity contribution in [3.63, 3.8) is 0 Å². The summed E-state index contributed by atoms with van der Waals surface area (Å²) >= 11 is 4.50. The Morgan fingerprint density at radius 1 is 1.00 bits per heavy atom. The fraction of sp³-hybridized carbons (Fsp3) is 0.483. The molecule has 2 aromatic carbocycles. The summed E-state index contributed by atoms with van der Waals surface area (Å²) in [4.78, 5) is 28.7. The second-order valence-electron chi connectivity index (χ2n) is 8.01. The van der Waals surface area contributed by atoms with Gasteiger partial charge in [0.25, 0.3) is 0 Å². The number of benzene rings is 2. The standard InChI is InChI=1S/C24H33FN2O2.C2H6.CH3ClO.2CH2O/c1-17-15-18(2)21(25)16-20(17)24(19-11-8-9-12-22(19)27(3)4)26-14-10-6-5-7-13-23(28)29;1-2;1-3-2;2*1-2/h8-9,11-12,15-16,24,26H,5-7,10,13-14H2,1-4H3,(H,28,29);1-2H3;1H3;2*1H2. The van der Waals surface area contributed by atoms with Crippen LogP contribution in [0.2, 0.25) is 0 Å². The van der Waals surface area contributed by atoms with Gasteiger partial charge in [-0.3, -0.25) is 9.08 Å². The van der Waals surface area contributed by atoms with Crippen LogP contribution in [-0.2, 0) is 18.7 Å². The molecule has 2 N–H and O–H groups in total. The molecular weight excluding hydrogens is 511 g/mol. The molecule has 0 aliphatic heterocycles. The zero-order valence-electron chi connectivity index (χ0n) is 24.0. The summed E-state index contributed by atoms with van der Waals surface area (Å²) in [5.74, 6) is -0.922. The minimum absolute atomic E-state index is 0.109. The van der Waals surface area contributed by atoms with E-state index in [-0.39, 0.29) is 18.3 Å². The number of para-hydroxylation sites is 1. The normalized spacial score (nSPS) is 10.0. The van der Waals surface area contributed by atoms with E-state index >= 15 is 0 Å². The molecule has 0 bridgehead atoms. The first-order valence-electron chi connectivity index (χ1n) is 12.4. The number of carbonyl (C=O) groups excluding carboxylic acids is 2. The topological polar surface area (TPSA) is 95.9 Å². The smallest absolute Gasteiger partial charge is 0.303 e. The molecule has 38 heavy (non-hydrogen) atoms. The molecule has 0 spiro atoms. The van der Waals surface area contributed by atoms with E-state index in [2.05, 4.69) is 38.5 Å². The second kappa shape index (κ2) is 25.8. The first-order chi connectivity index (χ1) is 18.2. The number of aryl methyl sites for hydroxylation is 2. The highest BCUT2D eigenvalue weighted by Crippen LogP contribution is 2.32. The van der Waals surface area contributed by atoms with E-state index in [9.17, 15) is 9.18 Å². The van der Waals surface area contributed by atoms with Crippen molar-refractivity contribution in [1.82, 2.24) is 5.32 Å². The quantitative estimate of drug-likeness (QED) is 0.298. The highest BCUT2D eigenvalue weighted by Gasteiger charge is 2.20. The number of halogens is 2. The Morgan fingerprint density at radius 2 is 1.53 bits per heavy atom. The van der Waals surface area contributed by atoms with Gasteiger partial charge in [0.2, 0.25) is 0 Å². The van der Waals surface area contributed by atoms with Crippen LogP contribution in [-0.4, -0.2) is 52.4 Å². The summed E-state index contributed by atoms with van der Waals surface area (Å²) < 4.78 is 18.1. The minimum atomic E-state index is -0.736. The van der Waals surface area contributed by atoms with E-state index in [0.717, 1.165) is 48.2 Å². The maximum absolute atomic E-state index is 14.4. The lowest BCUT2D eigenvalue weighted by Gasteiger charge is -2.27. The van der Waals surface area contributed by atoms with E-state index in [0.29, 0.717) is 12.0 Å². The first-order valence-corrected chi connectivity index (χ1v) is 12.7. The van der Waals surface area contributed by atoms with Crippen LogP contribution in [0.4, 0.5) is 10.1 Å². The zero-order valence-corrected chi connectivity index (χ0v) is 24.7. The van der Waals surface area contributed by atoms with Crippen LogP contribution in [0.25, 0.3) is 0 Å². The molecule has 9 heteroatoms. The third-order valence-corrected chi connectivity index (χ3v) is 5.25. The number of aliphatic carboxylic acids is 1. The number of nitrogens with one attached hydrogen (secondary N) is 1. The van der Waals surface area contributed by atoms with E-state index in [1.54, 1.807) is 13.0 Å². The lowest BCUT2D eigenvalue weighted by atomic mass is 9.92. The lowest BCUT2D eigenvalue weighted by molar-refractivity contribution is -0.137. The fourth-order valence-corrected chi connectivity index (χ4v) is 3.68. The van der Waals surface area contributed by atoms with Gasteiger partial charge in [0.1, 0.15) is 19.4 Å². The van der Waals surface area contributed by atoms with Crippen LogP contribution in [0.1, 0.15) is 74.2 Å². The average molecular weight is 557 g/mol. The van der Waals surface area contributed by atoms with Gasteiger partial charge in [-0.15, -0.1) is 0 Å². The van der Waals surface area contributed by atoms with Gasteiger partial charge in [0.05, 0.1) is 25.0 Å². The number of unbranched alkanes of at least 4 members (excludes halogenated alkanes) is 3. The molecule has 0 aliphatic rings. The summed E-state index contributed by atoms with van der Waals surface area (Å²) in [6.45, 7) is 12.6. The molecular formula is C29H46ClFN2O5. The van der Waals surface area contributed by atoms with Gasteiger partial charge in [0.15, 0.2) is 0 Å². The summed E-state index contributed by atoms with van der Waals surface area (Å²) in [7, 11) is 5.42. The fourth-order valence-electron chi connectivity index (χ4n) is 3.68. The number of nitrogens with zero attached hydrogens (tertiary/aromatic N) is 1. The Kier molecular flexibility index (Phi) is 27.0. The minimum Gasteiger partial charge on any atom is -0.481 e. The molecule has 0 saturated carbocycles. The molecule has 216 valence electrons. The van der Waals surface area contributed by atoms with Crippen molar-refractivity contribution in [3.05, 3.63) is 64.5 Å². The average Bonchev–Trinajstić information content (AvgIpc) is 2.92. The lowest BCUT2D eigenvalue weighted by Crippen LogP contribution is -2.26. The molecule has 1 atom stereocenters. The van der Waals surface area contributed by atoms with E-state index in [1.165, 1.54) is 7.11 Å². The van der Waals surface area contributed by atoms with Gasteiger partial charge >= 0.3 is 5.97 Å². The van der Waals surface area contributed by atoms with E-state index in [4.69, 9.17) is 14.7 Å². The predicted molar refractivity (Wildman–Crippen MR) is 156 cm³/mol. The molecule has 0 radical (unpaired) electrons. The SMILES string of the molecule is C=O.C=O.CC.COCl.Cc1cc(C)c(C(NCCCCCCC(=O)O)c2ccccc2N(C)C)cc1F. The van der Waals surface area contributed by atoms with E-state index in [1.807, 2.05) is 66.6 Å². The van der Waals surface area contributed by atoms with Gasteiger partial charge < -0.3 is 24.9 Å². The van der Waals surface area contributed by atoms with Crippen LogP contribution in [0.3, 0.4) is 0 Å². The molecule has 0 saturated heterocycles. The van der Waals surface area contributed by atoms with Crippen molar-refractivity contribution < 1.29 is 28.2 Å². The Labute approximate surface area is 233 Å². The molecule has 2 rings (SSSR count). The van der Waals surface area contributed by atoms with Gasteiger partial charge in [-0.25, -0.2) is 4.39 Å². The zero-order chi connectivity index (χ0) is 30.1. The van der Waals surface area contributed by atoms with Crippen LogP contribution in [0.15, 0.2) is 36.4 Å². The van der Waals surface area contributed by atoms with Gasteiger partial charge in [-0.05, 0) is 67.6 Å². The molecule has 1 unspecified atom stereocenters. The maximum atomic E-state index is 14.4. The van der Waals surface area contributed by atoms with Crippen molar-refractivity contribution in [2.75, 3.05) is 32.6 Å². The van der Waals surface area contributed by atoms with Crippen LogP contribution >= 0.6 is 11.9 Å². The number of anilines is 1. The molecule has 0 amide bonds. The molecule has 0 aromatic heterocycles. The van der Waals surface area contributed by atoms with Gasteiger partial charge in [0, 0.05) is 26.2 Å². The number of carboxylic acid groups (broad SMARTS) is 1. The van der Waals surface area contributed by atoms with Crippen molar-refractivity contribution in [1.29, 1.82) is 0 Å². The van der Waals surface area contributed by atoms with E-state index < -0.39 is 5.97 Å². The van der Waals surface area contributed by atoms with Crippen LogP contribution < -0.4 is 10.2 Å². The number of hydrogen-bond acceptors (Lipinski definition) is 6. The number of carboxylic acids is 1. The maximum Gasteiger partial charge on any atom is 0.303 e. The van der Waals surface area contributed by atoms with Crippen molar-refractivity contribution >= 4 is 37.1 Å². The molecule has 0 fully saturated rings. The van der Waals surface area contributed by atoms with Gasteiger partial charge in [-0.2, -0.15) is 0 Å². The summed E-state index contributed by atoms with van der Waals surface area (Å²) in [6.07, 6.45) is 3.78. The highest BCUT2D eigenvalue weighted by atomic mass is 35.5. The molecule has 2 aromatic rings. The van der Waals surface area contributed by atoms with Crippen molar-refractivity contribution in [2.45, 2.75) is 65.8 Å². The Hall–Kier alpha value is -2.81. The molecule has 0 aliphatic carbocycles. The van der Waals surface area contributed by atoms with Crippen molar-refractivity contribution in [3.8, 4) is 0 Å². The molecule has 0 heterocycles. The largest absolute Gasteiger partial charge is 0.481 e. The monoisotopic (exact) mass is 556 g/mol. The van der Waals surface area contributed by atoms with Crippen LogP contribution in [0.5, 0.6) is 0 Å². The number of rotatable bonds is 11. The first kappa shape index (κ1) is 39.7. The molecule has 7 nitrogen and oxygen atoms in total. The second-order valence-corrected chi connectivity index (χ2v) is 8.32. The predicted octanol–water partition coefficient (Wildman–Crippen LogP) is 6.67. The third-order valence-electron chi connectivity index (χ3n) is 5.25. The summed E-state index contributed by atoms with van der Waals surface area (Å²) in [5, 5.41) is 12.4. The van der Waals surface area contributed by atoms with Crippen molar-refractivity contribution in [2.24, 2.45) is 0 Å². The Bertz CT molecular complexity index is 882. The Morgan fingerprint density at radius 3 is 2.05 bits per heavy atom. The van der Waals surface area contributed by atoms with Crippen LogP contribution in [0, 0.1) is 19.7 Å². The summed E-state index contributed by atoms with van der Waals surface area (Å²) in [6, 6.07) is 11.7. The van der Waals surface area contributed by atoms with Gasteiger partial charge in [-0.1, -0.05) is 51.0 Å². The third kappa shape index (κ3) is 16.1. The number of hydrogen-bond donors (Lipinski definition) is 2. The number of carbonyl (C=O) groups is 3.